The van der Waals surface area contributed by atoms with E-state index >= 15 is 0 Å². The molecule has 4 rings (SSSR count). The number of aromatic nitrogens is 1. The maximum Gasteiger partial charge on any atom is 0.247 e. The van der Waals surface area contributed by atoms with Crippen LogP contribution in [0, 0.1) is 0 Å². The number of hydrogen-bond donors (Lipinski definition) is 0. The van der Waals surface area contributed by atoms with Crippen LogP contribution in [0.2, 0.25) is 0 Å². The number of methoxy groups -OCH3 is 1. The van der Waals surface area contributed by atoms with E-state index < -0.39 is 0 Å². The molecule has 1 aromatic carbocycles. The third-order valence-corrected chi connectivity index (χ3v) is 5.43. The van der Waals surface area contributed by atoms with Crippen LogP contribution in [-0.4, -0.2) is 41.1 Å². The van der Waals surface area contributed by atoms with Gasteiger partial charge in [-0.3, -0.25) is 9.78 Å². The van der Waals surface area contributed by atoms with Crippen LogP contribution >= 0.6 is 0 Å². The summed E-state index contributed by atoms with van der Waals surface area (Å²) in [7, 11) is 1.65. The molecule has 0 aliphatic carbocycles. The van der Waals surface area contributed by atoms with Gasteiger partial charge in [-0.1, -0.05) is 12.1 Å². The lowest BCUT2D eigenvalue weighted by molar-refractivity contribution is -0.131. The van der Waals surface area contributed by atoms with Crippen LogP contribution in [-0.2, 0) is 4.79 Å². The first-order valence-electron chi connectivity index (χ1n) is 9.44. The summed E-state index contributed by atoms with van der Waals surface area (Å²) in [6.07, 6.45) is 11.1. The van der Waals surface area contributed by atoms with Gasteiger partial charge in [-0.05, 0) is 48.7 Å². The molecule has 3 heterocycles. The van der Waals surface area contributed by atoms with Crippen molar-refractivity contribution in [2.24, 2.45) is 0 Å². The molecule has 2 unspecified atom stereocenters. The predicted octanol–water partition coefficient (Wildman–Crippen LogP) is 3.70. The van der Waals surface area contributed by atoms with Crippen LogP contribution < -0.4 is 9.47 Å². The van der Waals surface area contributed by atoms with Crippen molar-refractivity contribution in [3.63, 3.8) is 0 Å². The van der Waals surface area contributed by atoms with E-state index in [0.717, 1.165) is 42.7 Å². The largest absolute Gasteiger partial charge is 0.497 e. The van der Waals surface area contributed by atoms with E-state index in [1.165, 1.54) is 0 Å². The molecule has 0 saturated carbocycles. The molecule has 2 aliphatic heterocycles. The number of rotatable bonds is 5. The number of piperidine rings is 1. The van der Waals surface area contributed by atoms with Crippen molar-refractivity contribution in [1.29, 1.82) is 0 Å². The third-order valence-electron chi connectivity index (χ3n) is 5.43. The molecule has 2 atom stereocenters. The van der Waals surface area contributed by atoms with Gasteiger partial charge in [-0.15, -0.1) is 0 Å². The number of nitrogens with zero attached hydrogens (tertiary/aromatic N) is 2. The van der Waals surface area contributed by atoms with Crippen LogP contribution in [0.4, 0.5) is 0 Å². The summed E-state index contributed by atoms with van der Waals surface area (Å²) in [6, 6.07) is 12.0. The number of hydrogen-bond acceptors (Lipinski definition) is 4. The number of carbonyl (C=O) groups is 1. The second-order valence-corrected chi connectivity index (χ2v) is 7.13. The fourth-order valence-corrected chi connectivity index (χ4v) is 4.16. The molecule has 0 radical (unpaired) electrons. The van der Waals surface area contributed by atoms with Gasteiger partial charge in [0.2, 0.25) is 5.91 Å². The average Bonchev–Trinajstić information content (AvgIpc) is 2.98. The molecule has 0 spiro atoms. The van der Waals surface area contributed by atoms with Crippen LogP contribution in [0.25, 0.3) is 6.08 Å². The Morgan fingerprint density at radius 1 is 1.04 bits per heavy atom. The lowest BCUT2D eigenvalue weighted by Crippen LogP contribution is -2.48. The Hall–Kier alpha value is -2.82. The summed E-state index contributed by atoms with van der Waals surface area (Å²) >= 11 is 0. The van der Waals surface area contributed by atoms with Crippen LogP contribution in [0.5, 0.6) is 11.5 Å². The van der Waals surface area contributed by atoms with Gasteiger partial charge in [-0.2, -0.15) is 0 Å². The summed E-state index contributed by atoms with van der Waals surface area (Å²) in [4.78, 5) is 18.9. The molecule has 2 aliphatic rings. The zero-order valence-corrected chi connectivity index (χ0v) is 15.5. The predicted molar refractivity (Wildman–Crippen MR) is 104 cm³/mol. The second-order valence-electron chi connectivity index (χ2n) is 7.13. The maximum atomic E-state index is 12.8. The highest BCUT2D eigenvalue weighted by Crippen LogP contribution is 2.37. The molecule has 2 fully saturated rings. The molecule has 27 heavy (non-hydrogen) atoms. The first kappa shape index (κ1) is 17.6. The van der Waals surface area contributed by atoms with Gasteiger partial charge >= 0.3 is 0 Å². The Bertz CT molecular complexity index is 790. The van der Waals surface area contributed by atoms with Gasteiger partial charge in [0.05, 0.1) is 7.11 Å². The van der Waals surface area contributed by atoms with E-state index in [1.54, 1.807) is 25.6 Å². The molecule has 5 nitrogen and oxygen atoms in total. The van der Waals surface area contributed by atoms with Gasteiger partial charge in [0.1, 0.15) is 17.6 Å². The van der Waals surface area contributed by atoms with E-state index in [-0.39, 0.29) is 24.1 Å². The van der Waals surface area contributed by atoms with E-state index in [0.29, 0.717) is 0 Å². The number of pyridine rings is 1. The molecule has 1 aromatic heterocycles. The van der Waals surface area contributed by atoms with Gasteiger partial charge in [0.25, 0.3) is 0 Å². The van der Waals surface area contributed by atoms with Gasteiger partial charge in [-0.25, -0.2) is 0 Å². The molecule has 2 bridgehead atoms. The Balaban J connectivity index is 1.38. The topological polar surface area (TPSA) is 51.7 Å². The first-order chi connectivity index (χ1) is 13.2. The molecule has 140 valence electrons. The summed E-state index contributed by atoms with van der Waals surface area (Å²) < 4.78 is 11.3. The lowest BCUT2D eigenvalue weighted by Gasteiger charge is -2.38. The minimum absolute atomic E-state index is 0.0979. The monoisotopic (exact) mass is 364 g/mol. The number of carbonyl (C=O) groups excluding carboxylic acids is 1. The molecule has 5 heteroatoms. The molecular weight excluding hydrogens is 340 g/mol. The van der Waals surface area contributed by atoms with Crippen LogP contribution in [0.1, 0.15) is 31.2 Å². The van der Waals surface area contributed by atoms with E-state index in [1.807, 2.05) is 42.5 Å². The molecule has 2 saturated heterocycles. The number of fused-ring (bicyclic) bond motifs is 2. The Kier molecular flexibility index (Phi) is 5.10. The quantitative estimate of drug-likeness (QED) is 0.759. The summed E-state index contributed by atoms with van der Waals surface area (Å²) in [5.41, 5.74) is 0.993. The maximum absolute atomic E-state index is 12.8. The third kappa shape index (κ3) is 3.97. The second kappa shape index (κ2) is 7.82. The number of amides is 1. The summed E-state index contributed by atoms with van der Waals surface area (Å²) in [5.74, 6) is 1.77. The van der Waals surface area contributed by atoms with Gasteiger partial charge in [0.15, 0.2) is 0 Å². The van der Waals surface area contributed by atoms with Gasteiger partial charge < -0.3 is 14.4 Å². The number of ether oxygens (including phenoxy) is 2. The van der Waals surface area contributed by atoms with Gasteiger partial charge in [0, 0.05) is 43.4 Å². The zero-order chi connectivity index (χ0) is 18.6. The first-order valence-corrected chi connectivity index (χ1v) is 9.44. The molecule has 1 amide bonds. The van der Waals surface area contributed by atoms with Crippen molar-refractivity contribution in [2.75, 3.05) is 7.11 Å². The minimum Gasteiger partial charge on any atom is -0.497 e. The van der Waals surface area contributed by atoms with Crippen molar-refractivity contribution < 1.29 is 14.3 Å². The zero-order valence-electron chi connectivity index (χ0n) is 15.5. The minimum atomic E-state index is 0.0979. The summed E-state index contributed by atoms with van der Waals surface area (Å²) in [6.45, 7) is 0. The highest BCUT2D eigenvalue weighted by molar-refractivity contribution is 5.92. The standard InChI is InChI=1S/C22H24N2O3/c1-26-19-7-2-16(3-8-19)4-9-22(25)24-17-5-6-18(24)15-21(14-17)27-20-10-12-23-13-11-20/h2-4,7-13,17-18,21H,5-6,14-15H2,1H3/b9-4+. The highest BCUT2D eigenvalue weighted by atomic mass is 16.5. The Morgan fingerprint density at radius 3 is 2.33 bits per heavy atom. The van der Waals surface area contributed by atoms with Crippen molar-refractivity contribution >= 4 is 12.0 Å². The Morgan fingerprint density at radius 2 is 1.70 bits per heavy atom. The molecule has 0 N–H and O–H groups in total. The smallest absolute Gasteiger partial charge is 0.247 e. The average molecular weight is 364 g/mol. The van der Waals surface area contributed by atoms with E-state index in [4.69, 9.17) is 9.47 Å². The number of benzene rings is 1. The van der Waals surface area contributed by atoms with Crippen molar-refractivity contribution in [3.8, 4) is 11.5 Å². The fraction of sp³-hybridized carbons (Fsp3) is 0.364. The van der Waals surface area contributed by atoms with E-state index in [2.05, 4.69) is 9.88 Å². The molecule has 2 aromatic rings. The van der Waals surface area contributed by atoms with Crippen molar-refractivity contribution in [3.05, 3.63) is 60.4 Å². The summed E-state index contributed by atoms with van der Waals surface area (Å²) in [5, 5.41) is 0. The normalized spacial score (nSPS) is 24.2. The Labute approximate surface area is 159 Å². The SMILES string of the molecule is COc1ccc(/C=C/C(=O)N2C3CCC2CC(Oc2ccncc2)C3)cc1. The van der Waals surface area contributed by atoms with E-state index in [9.17, 15) is 4.79 Å². The van der Waals surface area contributed by atoms with Crippen molar-refractivity contribution in [2.45, 2.75) is 43.9 Å². The highest BCUT2D eigenvalue weighted by Gasteiger charge is 2.43. The molecular formula is C22H24N2O3. The van der Waals surface area contributed by atoms with Crippen LogP contribution in [0.15, 0.2) is 54.9 Å². The van der Waals surface area contributed by atoms with Crippen molar-refractivity contribution in [1.82, 2.24) is 9.88 Å². The fourth-order valence-electron chi connectivity index (χ4n) is 4.16. The van der Waals surface area contributed by atoms with Crippen LogP contribution in [0.3, 0.4) is 0 Å². The lowest BCUT2D eigenvalue weighted by atomic mass is 9.99.